The largest absolute Gasteiger partial charge is 0.416 e. The highest BCUT2D eigenvalue weighted by Gasteiger charge is 2.22. The maximum Gasteiger partial charge on any atom is 0.277 e. The second kappa shape index (κ2) is 6.16. The fourth-order valence-electron chi connectivity index (χ4n) is 1.70. The smallest absolute Gasteiger partial charge is 0.277 e. The van der Waals surface area contributed by atoms with E-state index in [9.17, 15) is 4.39 Å². The number of halogens is 1. The van der Waals surface area contributed by atoms with Crippen LogP contribution in [0.5, 0.6) is 0 Å². The molecule has 1 aromatic heterocycles. The van der Waals surface area contributed by atoms with E-state index >= 15 is 0 Å². The van der Waals surface area contributed by atoms with Gasteiger partial charge in [0.15, 0.2) is 0 Å². The molecule has 2 N–H and O–H groups in total. The zero-order chi connectivity index (χ0) is 13.8. The quantitative estimate of drug-likeness (QED) is 0.853. The molecule has 2 unspecified atom stereocenters. The van der Waals surface area contributed by atoms with Crippen molar-refractivity contribution in [3.63, 3.8) is 0 Å². The Kier molecular flexibility index (Phi) is 4.55. The van der Waals surface area contributed by atoms with Crippen LogP contribution < -0.4 is 5.73 Å². The Hall–Kier alpha value is -1.40. The monoisotopic (exact) mass is 281 g/mol. The molecule has 1 heterocycles. The first-order valence-electron chi connectivity index (χ1n) is 6.08. The topological polar surface area (TPSA) is 64.9 Å². The molecule has 0 saturated heterocycles. The number of rotatable bonds is 5. The minimum Gasteiger partial charge on any atom is -0.416 e. The van der Waals surface area contributed by atoms with Gasteiger partial charge in [0.05, 0.1) is 5.25 Å². The van der Waals surface area contributed by atoms with Crippen LogP contribution in [-0.2, 0) is 0 Å². The van der Waals surface area contributed by atoms with Crippen LogP contribution in [0.25, 0.3) is 0 Å². The van der Waals surface area contributed by atoms with Crippen molar-refractivity contribution in [2.75, 3.05) is 0 Å². The Labute approximate surface area is 115 Å². The van der Waals surface area contributed by atoms with Gasteiger partial charge in [-0.1, -0.05) is 30.8 Å². The molecule has 19 heavy (non-hydrogen) atoms. The first-order chi connectivity index (χ1) is 9.10. The second-order valence-corrected chi connectivity index (χ2v) is 5.34. The maximum atomic E-state index is 13.0. The number of benzene rings is 1. The minimum absolute atomic E-state index is 0.0366. The van der Waals surface area contributed by atoms with Crippen molar-refractivity contribution in [3.05, 3.63) is 41.5 Å². The minimum atomic E-state index is -0.258. The van der Waals surface area contributed by atoms with Crippen LogP contribution in [0, 0.1) is 12.7 Å². The molecule has 0 spiro atoms. The highest BCUT2D eigenvalue weighted by Crippen LogP contribution is 2.37. The molecular weight excluding hydrogens is 265 g/mol. The molecule has 0 fully saturated rings. The fourth-order valence-corrected chi connectivity index (χ4v) is 2.84. The predicted octanol–water partition coefficient (Wildman–Crippen LogP) is 3.09. The summed E-state index contributed by atoms with van der Waals surface area (Å²) in [5.74, 6) is 0.261. The third-order valence-corrected chi connectivity index (χ3v) is 4.04. The molecule has 0 aliphatic heterocycles. The summed E-state index contributed by atoms with van der Waals surface area (Å²) in [5, 5.41) is 8.20. The van der Waals surface area contributed by atoms with Crippen LogP contribution in [0.2, 0.25) is 0 Å². The molecule has 0 bridgehead atoms. The van der Waals surface area contributed by atoms with E-state index in [0.717, 1.165) is 12.0 Å². The molecule has 0 aliphatic rings. The van der Waals surface area contributed by atoms with Gasteiger partial charge in [-0.3, -0.25) is 0 Å². The fraction of sp³-hybridized carbons (Fsp3) is 0.385. The number of thioether (sulfide) groups is 1. The van der Waals surface area contributed by atoms with E-state index in [-0.39, 0.29) is 17.1 Å². The number of hydrogen-bond acceptors (Lipinski definition) is 5. The predicted molar refractivity (Wildman–Crippen MR) is 72.3 cm³/mol. The number of hydrogen-bond donors (Lipinski definition) is 1. The van der Waals surface area contributed by atoms with E-state index in [2.05, 4.69) is 10.2 Å². The highest BCUT2D eigenvalue weighted by molar-refractivity contribution is 7.99. The SMILES string of the molecule is CCC(N)C(Sc1nnc(C)o1)c1ccc(F)cc1. The van der Waals surface area contributed by atoms with E-state index in [1.165, 1.54) is 23.9 Å². The van der Waals surface area contributed by atoms with Crippen LogP contribution in [0.1, 0.15) is 30.0 Å². The molecule has 102 valence electrons. The third kappa shape index (κ3) is 3.54. The number of aryl methyl sites for hydroxylation is 1. The van der Waals surface area contributed by atoms with Gasteiger partial charge in [0, 0.05) is 13.0 Å². The van der Waals surface area contributed by atoms with Gasteiger partial charge in [-0.05, 0) is 24.1 Å². The molecule has 0 aliphatic carbocycles. The molecular formula is C13H16FN3OS. The average molecular weight is 281 g/mol. The number of nitrogens with zero attached hydrogens (tertiary/aromatic N) is 2. The van der Waals surface area contributed by atoms with Gasteiger partial charge in [0.1, 0.15) is 5.82 Å². The Morgan fingerprint density at radius 3 is 2.53 bits per heavy atom. The lowest BCUT2D eigenvalue weighted by Gasteiger charge is -2.21. The van der Waals surface area contributed by atoms with Gasteiger partial charge in [-0.2, -0.15) is 0 Å². The Bertz CT molecular complexity index is 529. The maximum absolute atomic E-state index is 13.0. The summed E-state index contributed by atoms with van der Waals surface area (Å²) >= 11 is 1.41. The van der Waals surface area contributed by atoms with Crippen LogP contribution in [-0.4, -0.2) is 16.2 Å². The summed E-state index contributed by atoms with van der Waals surface area (Å²) in [6.45, 7) is 3.75. The first kappa shape index (κ1) is 14.0. The molecule has 2 rings (SSSR count). The van der Waals surface area contributed by atoms with E-state index < -0.39 is 0 Å². The summed E-state index contributed by atoms with van der Waals surface area (Å²) in [7, 11) is 0. The van der Waals surface area contributed by atoms with Crippen LogP contribution in [0.15, 0.2) is 33.9 Å². The van der Waals surface area contributed by atoms with Gasteiger partial charge in [0.2, 0.25) is 5.89 Å². The van der Waals surface area contributed by atoms with Gasteiger partial charge in [0.25, 0.3) is 5.22 Å². The Balaban J connectivity index is 2.23. The van der Waals surface area contributed by atoms with Crippen molar-refractivity contribution in [1.29, 1.82) is 0 Å². The molecule has 4 nitrogen and oxygen atoms in total. The van der Waals surface area contributed by atoms with Gasteiger partial charge < -0.3 is 10.2 Å². The number of nitrogens with two attached hydrogens (primary N) is 1. The van der Waals surface area contributed by atoms with Crippen molar-refractivity contribution < 1.29 is 8.81 Å². The lowest BCUT2D eigenvalue weighted by Crippen LogP contribution is -2.25. The van der Waals surface area contributed by atoms with Gasteiger partial charge in [-0.25, -0.2) is 4.39 Å². The molecule has 1 aromatic carbocycles. The van der Waals surface area contributed by atoms with Crippen molar-refractivity contribution in [2.45, 2.75) is 36.8 Å². The van der Waals surface area contributed by atoms with E-state index in [1.807, 2.05) is 6.92 Å². The van der Waals surface area contributed by atoms with Crippen molar-refractivity contribution in [1.82, 2.24) is 10.2 Å². The van der Waals surface area contributed by atoms with E-state index in [0.29, 0.717) is 11.1 Å². The molecule has 2 aromatic rings. The summed E-state index contributed by atoms with van der Waals surface area (Å²) in [6, 6.07) is 6.29. The van der Waals surface area contributed by atoms with E-state index in [4.69, 9.17) is 10.2 Å². The van der Waals surface area contributed by atoms with Gasteiger partial charge >= 0.3 is 0 Å². The summed E-state index contributed by atoms with van der Waals surface area (Å²) in [4.78, 5) is 0. The molecule has 6 heteroatoms. The van der Waals surface area contributed by atoms with Crippen LogP contribution >= 0.6 is 11.8 Å². The Morgan fingerprint density at radius 1 is 1.32 bits per heavy atom. The molecule has 0 amide bonds. The second-order valence-electron chi connectivity index (χ2n) is 4.25. The van der Waals surface area contributed by atoms with Crippen LogP contribution in [0.4, 0.5) is 4.39 Å². The third-order valence-electron chi connectivity index (χ3n) is 2.79. The summed E-state index contributed by atoms with van der Waals surface area (Å²) in [6.07, 6.45) is 0.808. The molecule has 0 saturated carbocycles. The lowest BCUT2D eigenvalue weighted by atomic mass is 10.0. The number of aromatic nitrogens is 2. The molecule has 2 atom stereocenters. The van der Waals surface area contributed by atoms with Crippen molar-refractivity contribution in [3.8, 4) is 0 Å². The summed E-state index contributed by atoms with van der Waals surface area (Å²) < 4.78 is 18.3. The first-order valence-corrected chi connectivity index (χ1v) is 6.96. The highest BCUT2D eigenvalue weighted by atomic mass is 32.2. The van der Waals surface area contributed by atoms with E-state index in [1.54, 1.807) is 19.1 Å². The van der Waals surface area contributed by atoms with Crippen molar-refractivity contribution in [2.24, 2.45) is 5.73 Å². The van der Waals surface area contributed by atoms with Crippen molar-refractivity contribution >= 4 is 11.8 Å². The summed E-state index contributed by atoms with van der Waals surface area (Å²) in [5.41, 5.74) is 7.09. The van der Waals surface area contributed by atoms with Gasteiger partial charge in [-0.15, -0.1) is 10.2 Å². The zero-order valence-corrected chi connectivity index (χ0v) is 11.7. The van der Waals surface area contributed by atoms with Crippen LogP contribution in [0.3, 0.4) is 0 Å². The standard InChI is InChI=1S/C13H16FN3OS/c1-3-11(15)12(9-4-6-10(14)7-5-9)19-13-17-16-8(2)18-13/h4-7,11-12H,3,15H2,1-2H3. The lowest BCUT2D eigenvalue weighted by molar-refractivity contribution is 0.427. The average Bonchev–Trinajstić information content (AvgIpc) is 2.82. The normalized spacial score (nSPS) is 14.3. The zero-order valence-electron chi connectivity index (χ0n) is 10.8. The Morgan fingerprint density at radius 2 is 2.00 bits per heavy atom. The molecule has 0 radical (unpaired) electrons.